The highest BCUT2D eigenvalue weighted by Crippen LogP contribution is 2.44. The number of hydrogen-bond donors (Lipinski definition) is 2. The summed E-state index contributed by atoms with van der Waals surface area (Å²) >= 11 is 5.64. The van der Waals surface area contributed by atoms with E-state index in [1.165, 1.54) is 22.3 Å². The molecule has 0 atom stereocenters. The second-order valence-corrected chi connectivity index (χ2v) is 9.97. The van der Waals surface area contributed by atoms with Crippen molar-refractivity contribution in [3.63, 3.8) is 0 Å². The molecule has 0 aromatic heterocycles. The van der Waals surface area contributed by atoms with E-state index in [1.807, 2.05) is 24.3 Å². The van der Waals surface area contributed by atoms with Crippen LogP contribution in [0.1, 0.15) is 42.7 Å². The quantitative estimate of drug-likeness (QED) is 0.154. The second-order valence-electron chi connectivity index (χ2n) is 9.60. The van der Waals surface area contributed by atoms with Crippen molar-refractivity contribution in [1.29, 1.82) is 0 Å². The average molecular weight is 591 g/mol. The van der Waals surface area contributed by atoms with Gasteiger partial charge in [-0.3, -0.25) is 4.79 Å². The topological polar surface area (TPSA) is 104 Å². The van der Waals surface area contributed by atoms with Crippen LogP contribution in [0.15, 0.2) is 48.5 Å². The number of alkyl halides is 1. The molecule has 0 spiro atoms. The molecule has 2 aromatic carbocycles. The van der Waals surface area contributed by atoms with Gasteiger partial charge in [-0.15, -0.1) is 11.6 Å². The molecule has 2 amide bonds. The predicted molar refractivity (Wildman–Crippen MR) is 159 cm³/mol. The second kappa shape index (κ2) is 20.2. The van der Waals surface area contributed by atoms with Crippen LogP contribution in [-0.4, -0.2) is 90.4 Å². The van der Waals surface area contributed by atoms with Crippen molar-refractivity contribution in [2.45, 2.75) is 31.6 Å². The highest BCUT2D eigenvalue weighted by atomic mass is 35.5. The van der Waals surface area contributed by atoms with Crippen LogP contribution in [0.4, 0.5) is 4.79 Å². The van der Waals surface area contributed by atoms with Crippen molar-refractivity contribution in [1.82, 2.24) is 10.6 Å². The van der Waals surface area contributed by atoms with Gasteiger partial charge in [0.1, 0.15) is 13.2 Å². The molecule has 0 radical (unpaired) electrons. The number of alkyl carbamates (subject to hydrolysis) is 1. The van der Waals surface area contributed by atoms with Gasteiger partial charge in [0.05, 0.1) is 39.6 Å². The van der Waals surface area contributed by atoms with Gasteiger partial charge in [-0.25, -0.2) is 4.79 Å². The summed E-state index contributed by atoms with van der Waals surface area (Å²) < 4.78 is 27.2. The lowest BCUT2D eigenvalue weighted by molar-refractivity contribution is -0.126. The fourth-order valence-corrected chi connectivity index (χ4v) is 4.74. The van der Waals surface area contributed by atoms with Crippen LogP contribution in [0, 0.1) is 0 Å². The van der Waals surface area contributed by atoms with Gasteiger partial charge < -0.3 is 34.3 Å². The van der Waals surface area contributed by atoms with Crippen molar-refractivity contribution in [2.75, 3.05) is 78.4 Å². The molecular weight excluding hydrogens is 548 g/mol. The molecule has 0 heterocycles. The number of carbonyl (C=O) groups excluding carboxylic acids is 2. The number of benzene rings is 2. The van der Waals surface area contributed by atoms with Gasteiger partial charge in [-0.2, -0.15) is 0 Å². The van der Waals surface area contributed by atoms with Gasteiger partial charge in [-0.1, -0.05) is 61.4 Å². The lowest BCUT2D eigenvalue weighted by Crippen LogP contribution is -2.31. The van der Waals surface area contributed by atoms with E-state index in [0.717, 1.165) is 38.2 Å². The van der Waals surface area contributed by atoms with Gasteiger partial charge in [-0.05, 0) is 35.1 Å². The number of rotatable bonds is 22. The first kappa shape index (κ1) is 32.8. The van der Waals surface area contributed by atoms with E-state index in [9.17, 15) is 9.59 Å². The maximum Gasteiger partial charge on any atom is 0.407 e. The SMILES string of the molecule is O=C(COCCOCCNC(=O)OCC1c2ccccc2-c2ccccc21)NCCOCCOCCCCCCCl. The van der Waals surface area contributed by atoms with Crippen LogP contribution < -0.4 is 10.6 Å². The van der Waals surface area contributed by atoms with Crippen molar-refractivity contribution in [3.8, 4) is 11.1 Å². The highest BCUT2D eigenvalue weighted by Gasteiger charge is 2.28. The number of carbonyl (C=O) groups is 2. The maximum absolute atomic E-state index is 12.2. The van der Waals surface area contributed by atoms with Crippen LogP contribution in [0.5, 0.6) is 0 Å². The van der Waals surface area contributed by atoms with E-state index >= 15 is 0 Å². The normalized spacial score (nSPS) is 12.1. The van der Waals surface area contributed by atoms with Crippen LogP contribution >= 0.6 is 11.6 Å². The molecule has 2 N–H and O–H groups in total. The highest BCUT2D eigenvalue weighted by molar-refractivity contribution is 6.17. The molecule has 0 aliphatic heterocycles. The summed E-state index contributed by atoms with van der Waals surface area (Å²) in [4.78, 5) is 24.0. The number of fused-ring (bicyclic) bond motifs is 3. The third-order valence-electron chi connectivity index (χ3n) is 6.58. The molecule has 1 aliphatic rings. The minimum absolute atomic E-state index is 0.0254. The molecule has 0 saturated carbocycles. The minimum Gasteiger partial charge on any atom is -0.449 e. The van der Waals surface area contributed by atoms with E-state index in [-0.39, 0.29) is 31.6 Å². The van der Waals surface area contributed by atoms with E-state index in [2.05, 4.69) is 34.9 Å². The minimum atomic E-state index is -0.478. The molecule has 0 fully saturated rings. The Morgan fingerprint density at radius 2 is 1.22 bits per heavy atom. The van der Waals surface area contributed by atoms with Gasteiger partial charge >= 0.3 is 6.09 Å². The first-order chi connectivity index (χ1) is 20.2. The summed E-state index contributed by atoms with van der Waals surface area (Å²) in [6.07, 6.45) is 3.89. The third-order valence-corrected chi connectivity index (χ3v) is 6.84. The summed E-state index contributed by atoms with van der Waals surface area (Å²) in [6, 6.07) is 16.4. The number of ether oxygens (including phenoxy) is 5. The van der Waals surface area contributed by atoms with Crippen molar-refractivity contribution >= 4 is 23.6 Å². The molecule has 9 nitrogen and oxygen atoms in total. The molecule has 41 heavy (non-hydrogen) atoms. The lowest BCUT2D eigenvalue weighted by atomic mass is 9.98. The lowest BCUT2D eigenvalue weighted by Gasteiger charge is -2.14. The Morgan fingerprint density at radius 3 is 1.88 bits per heavy atom. The van der Waals surface area contributed by atoms with Gasteiger partial charge in [0.15, 0.2) is 0 Å². The number of amides is 2. The smallest absolute Gasteiger partial charge is 0.407 e. The molecule has 0 bridgehead atoms. The van der Waals surface area contributed by atoms with Crippen LogP contribution in [0.3, 0.4) is 0 Å². The number of hydrogen-bond acceptors (Lipinski definition) is 7. The van der Waals surface area contributed by atoms with Gasteiger partial charge in [0.25, 0.3) is 0 Å². The Bertz CT molecular complexity index is 994. The summed E-state index contributed by atoms with van der Waals surface area (Å²) in [5.74, 6) is 0.537. The monoisotopic (exact) mass is 590 g/mol. The summed E-state index contributed by atoms with van der Waals surface area (Å²) in [6.45, 7) is 4.07. The maximum atomic E-state index is 12.2. The zero-order valence-corrected chi connectivity index (χ0v) is 24.5. The number of unbranched alkanes of at least 4 members (excludes halogenated alkanes) is 3. The molecule has 226 valence electrons. The fourth-order valence-electron chi connectivity index (χ4n) is 4.55. The van der Waals surface area contributed by atoms with E-state index in [1.54, 1.807) is 0 Å². The van der Waals surface area contributed by atoms with Gasteiger partial charge in [0.2, 0.25) is 5.91 Å². The molecule has 0 saturated heterocycles. The van der Waals surface area contributed by atoms with E-state index < -0.39 is 6.09 Å². The van der Waals surface area contributed by atoms with Crippen LogP contribution in [0.25, 0.3) is 11.1 Å². The Hall–Kier alpha value is -2.69. The molecule has 1 aliphatic carbocycles. The van der Waals surface area contributed by atoms with Gasteiger partial charge in [0, 0.05) is 31.5 Å². The van der Waals surface area contributed by atoms with Crippen molar-refractivity contribution in [3.05, 3.63) is 59.7 Å². The molecule has 2 aromatic rings. The molecular formula is C31H43ClN2O7. The largest absolute Gasteiger partial charge is 0.449 e. The zero-order chi connectivity index (χ0) is 29.0. The first-order valence-electron chi connectivity index (χ1n) is 14.4. The molecule has 10 heteroatoms. The fraction of sp³-hybridized carbons (Fsp3) is 0.548. The van der Waals surface area contributed by atoms with Crippen LogP contribution in [0.2, 0.25) is 0 Å². The Balaban J connectivity index is 1.10. The predicted octanol–water partition coefficient (Wildman–Crippen LogP) is 4.51. The van der Waals surface area contributed by atoms with E-state index in [0.29, 0.717) is 46.1 Å². The Morgan fingerprint density at radius 1 is 0.659 bits per heavy atom. The van der Waals surface area contributed by atoms with Crippen molar-refractivity contribution in [2.24, 2.45) is 0 Å². The van der Waals surface area contributed by atoms with E-state index in [4.69, 9.17) is 35.3 Å². The number of halogens is 1. The molecule has 3 rings (SSSR count). The summed E-state index contributed by atoms with van der Waals surface area (Å²) in [5, 5.41) is 5.44. The average Bonchev–Trinajstić information content (AvgIpc) is 3.31. The zero-order valence-electron chi connectivity index (χ0n) is 23.7. The van der Waals surface area contributed by atoms with Crippen molar-refractivity contribution < 1.29 is 33.3 Å². The Kier molecular flexibility index (Phi) is 16.2. The summed E-state index contributed by atoms with van der Waals surface area (Å²) in [5.41, 5.74) is 4.73. The van der Waals surface area contributed by atoms with Crippen LogP contribution in [-0.2, 0) is 28.5 Å². The Labute approximate surface area is 248 Å². The standard InChI is InChI=1S/C31H43ClN2O7/c32-13-7-1-2-8-16-37-19-20-38-17-14-33-30(35)24-40-22-21-39-18-15-34-31(36)41-23-29-27-11-5-3-9-25(27)26-10-4-6-12-28(26)29/h3-6,9-12,29H,1-2,7-8,13-24H2,(H,33,35)(H,34,36). The summed E-state index contributed by atoms with van der Waals surface area (Å²) in [7, 11) is 0. The number of nitrogens with one attached hydrogen (secondary N) is 2. The molecule has 0 unspecified atom stereocenters. The first-order valence-corrected chi connectivity index (χ1v) is 15.0. The third kappa shape index (κ3) is 12.4.